The Hall–Kier alpha value is -0.850. The number of rotatable bonds is 0. The molecule has 0 amide bonds. The van der Waals surface area contributed by atoms with E-state index < -0.39 is 0 Å². The SMILES string of the molecule is CC1Cc2cc[n+](C)cc2C1. The highest BCUT2D eigenvalue weighted by atomic mass is 14.9. The third kappa shape index (κ3) is 1.15. The first-order valence-corrected chi connectivity index (χ1v) is 4.23. The minimum Gasteiger partial charge on any atom is -0.208 e. The highest BCUT2D eigenvalue weighted by Crippen LogP contribution is 2.24. The number of hydrogen-bond donors (Lipinski definition) is 0. The fourth-order valence-electron chi connectivity index (χ4n) is 1.89. The van der Waals surface area contributed by atoms with Crippen LogP contribution in [0.3, 0.4) is 0 Å². The van der Waals surface area contributed by atoms with Crippen LogP contribution in [0, 0.1) is 5.92 Å². The molecule has 1 atom stereocenters. The molecule has 1 aliphatic rings. The van der Waals surface area contributed by atoms with E-state index in [2.05, 4.69) is 37.0 Å². The second-order valence-electron chi connectivity index (χ2n) is 3.67. The van der Waals surface area contributed by atoms with E-state index in [0.717, 1.165) is 5.92 Å². The lowest BCUT2D eigenvalue weighted by Crippen LogP contribution is -2.27. The molecule has 0 spiro atoms. The summed E-state index contributed by atoms with van der Waals surface area (Å²) in [5, 5.41) is 0. The number of pyridine rings is 1. The molecule has 0 saturated carbocycles. The number of fused-ring (bicyclic) bond motifs is 1. The average Bonchev–Trinajstić information content (AvgIpc) is 2.27. The van der Waals surface area contributed by atoms with Gasteiger partial charge in [0.1, 0.15) is 7.05 Å². The molecule has 1 aromatic heterocycles. The van der Waals surface area contributed by atoms with Crippen LogP contribution in [0.2, 0.25) is 0 Å². The third-order valence-electron chi connectivity index (χ3n) is 2.42. The molecule has 1 heteroatoms. The van der Waals surface area contributed by atoms with Crippen molar-refractivity contribution in [1.29, 1.82) is 0 Å². The van der Waals surface area contributed by atoms with Crippen molar-refractivity contribution >= 4 is 0 Å². The highest BCUT2D eigenvalue weighted by molar-refractivity contribution is 5.26. The van der Waals surface area contributed by atoms with Crippen LogP contribution in [0.25, 0.3) is 0 Å². The zero-order valence-electron chi connectivity index (χ0n) is 7.17. The molecule has 1 nitrogen and oxygen atoms in total. The van der Waals surface area contributed by atoms with Gasteiger partial charge in [-0.15, -0.1) is 0 Å². The Labute approximate surface area is 67.7 Å². The molecule has 0 N–H and O–H groups in total. The summed E-state index contributed by atoms with van der Waals surface area (Å²) in [6.45, 7) is 2.32. The summed E-state index contributed by atoms with van der Waals surface area (Å²) < 4.78 is 2.14. The molecule has 11 heavy (non-hydrogen) atoms. The van der Waals surface area contributed by atoms with E-state index in [4.69, 9.17) is 0 Å². The molecule has 0 bridgehead atoms. The Bertz CT molecular complexity index is 278. The van der Waals surface area contributed by atoms with Crippen LogP contribution in [0.15, 0.2) is 18.5 Å². The summed E-state index contributed by atoms with van der Waals surface area (Å²) in [5.41, 5.74) is 3.10. The molecule has 0 radical (unpaired) electrons. The van der Waals surface area contributed by atoms with E-state index in [1.165, 1.54) is 12.8 Å². The molecule has 0 fully saturated rings. The Balaban J connectivity index is 2.43. The van der Waals surface area contributed by atoms with Gasteiger partial charge in [0, 0.05) is 11.6 Å². The maximum atomic E-state index is 2.32. The smallest absolute Gasteiger partial charge is 0.171 e. The van der Waals surface area contributed by atoms with E-state index in [0.29, 0.717) is 0 Å². The number of aryl methyl sites for hydroxylation is 1. The van der Waals surface area contributed by atoms with Gasteiger partial charge in [0.2, 0.25) is 0 Å². The number of hydrogen-bond acceptors (Lipinski definition) is 0. The van der Waals surface area contributed by atoms with Crippen LogP contribution < -0.4 is 4.57 Å². The molecule has 0 saturated heterocycles. The van der Waals surface area contributed by atoms with Gasteiger partial charge in [-0.3, -0.25) is 0 Å². The van der Waals surface area contributed by atoms with E-state index in [1.807, 2.05) is 0 Å². The standard InChI is InChI=1S/C10H14N/c1-8-5-9-3-4-11(2)7-10(9)6-8/h3-4,7-8H,5-6H2,1-2H3/q+1. The topological polar surface area (TPSA) is 3.88 Å². The van der Waals surface area contributed by atoms with Crippen molar-refractivity contribution in [2.45, 2.75) is 19.8 Å². The second kappa shape index (κ2) is 2.33. The zero-order chi connectivity index (χ0) is 7.84. The molecule has 1 heterocycles. The van der Waals surface area contributed by atoms with Crippen molar-refractivity contribution < 1.29 is 4.57 Å². The van der Waals surface area contributed by atoms with Gasteiger partial charge in [-0.1, -0.05) is 6.92 Å². The number of aromatic nitrogens is 1. The van der Waals surface area contributed by atoms with Crippen LogP contribution >= 0.6 is 0 Å². The third-order valence-corrected chi connectivity index (χ3v) is 2.42. The second-order valence-corrected chi connectivity index (χ2v) is 3.67. The van der Waals surface area contributed by atoms with E-state index in [1.54, 1.807) is 11.1 Å². The van der Waals surface area contributed by atoms with Crippen molar-refractivity contribution in [3.63, 3.8) is 0 Å². The lowest BCUT2D eigenvalue weighted by atomic mass is 10.1. The molecule has 2 rings (SSSR count). The van der Waals surface area contributed by atoms with Crippen LogP contribution in [0.1, 0.15) is 18.1 Å². The first kappa shape index (κ1) is 6.84. The quantitative estimate of drug-likeness (QED) is 0.487. The van der Waals surface area contributed by atoms with Crippen LogP contribution in [0.4, 0.5) is 0 Å². The fourth-order valence-corrected chi connectivity index (χ4v) is 1.89. The molecule has 1 unspecified atom stereocenters. The summed E-state index contributed by atoms with van der Waals surface area (Å²) >= 11 is 0. The summed E-state index contributed by atoms with van der Waals surface area (Å²) in [4.78, 5) is 0. The summed E-state index contributed by atoms with van der Waals surface area (Å²) in [5.74, 6) is 0.854. The normalized spacial score (nSPS) is 21.8. The lowest BCUT2D eigenvalue weighted by molar-refractivity contribution is -0.671. The maximum absolute atomic E-state index is 2.32. The van der Waals surface area contributed by atoms with Crippen molar-refractivity contribution in [3.8, 4) is 0 Å². The van der Waals surface area contributed by atoms with Crippen LogP contribution in [-0.2, 0) is 19.9 Å². The monoisotopic (exact) mass is 148 g/mol. The molecule has 58 valence electrons. The molecular weight excluding hydrogens is 134 g/mol. The lowest BCUT2D eigenvalue weighted by Gasteiger charge is -1.93. The molecule has 1 aromatic rings. The summed E-state index contributed by atoms with van der Waals surface area (Å²) in [6.07, 6.45) is 6.93. The van der Waals surface area contributed by atoms with Crippen molar-refractivity contribution in [3.05, 3.63) is 29.6 Å². The Kier molecular flexibility index (Phi) is 1.45. The first-order valence-electron chi connectivity index (χ1n) is 4.23. The van der Waals surface area contributed by atoms with Gasteiger partial charge in [0.05, 0.1) is 0 Å². The van der Waals surface area contributed by atoms with Gasteiger partial charge in [0.25, 0.3) is 0 Å². The largest absolute Gasteiger partial charge is 0.208 e. The maximum Gasteiger partial charge on any atom is 0.171 e. The predicted octanol–water partition coefficient (Wildman–Crippen LogP) is 1.25. The van der Waals surface area contributed by atoms with Gasteiger partial charge in [0.15, 0.2) is 12.4 Å². The summed E-state index contributed by atoms with van der Waals surface area (Å²) in [6, 6.07) is 2.25. The van der Waals surface area contributed by atoms with Crippen molar-refractivity contribution in [1.82, 2.24) is 0 Å². The minimum atomic E-state index is 0.854. The zero-order valence-corrected chi connectivity index (χ0v) is 7.17. The molecule has 0 aliphatic heterocycles. The number of nitrogens with zero attached hydrogens (tertiary/aromatic N) is 1. The van der Waals surface area contributed by atoms with E-state index in [9.17, 15) is 0 Å². The highest BCUT2D eigenvalue weighted by Gasteiger charge is 2.19. The van der Waals surface area contributed by atoms with E-state index >= 15 is 0 Å². The molecule has 1 aliphatic carbocycles. The first-order chi connectivity index (χ1) is 5.25. The van der Waals surface area contributed by atoms with Gasteiger partial charge in [-0.05, 0) is 24.3 Å². The fraction of sp³-hybridized carbons (Fsp3) is 0.500. The van der Waals surface area contributed by atoms with Crippen LogP contribution in [0.5, 0.6) is 0 Å². The molecule has 0 aromatic carbocycles. The minimum absolute atomic E-state index is 0.854. The van der Waals surface area contributed by atoms with Crippen LogP contribution in [-0.4, -0.2) is 0 Å². The van der Waals surface area contributed by atoms with Gasteiger partial charge >= 0.3 is 0 Å². The predicted molar refractivity (Wildman–Crippen MR) is 44.2 cm³/mol. The summed E-state index contributed by atoms with van der Waals surface area (Å²) in [7, 11) is 2.09. The van der Waals surface area contributed by atoms with Gasteiger partial charge in [-0.25, -0.2) is 4.57 Å². The average molecular weight is 148 g/mol. The Morgan fingerprint density at radius 2 is 2.09 bits per heavy atom. The Morgan fingerprint density at radius 1 is 1.36 bits per heavy atom. The van der Waals surface area contributed by atoms with Crippen molar-refractivity contribution in [2.75, 3.05) is 0 Å². The van der Waals surface area contributed by atoms with Gasteiger partial charge in [-0.2, -0.15) is 0 Å². The van der Waals surface area contributed by atoms with Crippen molar-refractivity contribution in [2.24, 2.45) is 13.0 Å². The van der Waals surface area contributed by atoms with Gasteiger partial charge < -0.3 is 0 Å². The Morgan fingerprint density at radius 3 is 2.91 bits per heavy atom. The molecular formula is C10H14N+. The van der Waals surface area contributed by atoms with E-state index in [-0.39, 0.29) is 0 Å².